The largest absolute Gasteiger partial charge is 0.481 e. The summed E-state index contributed by atoms with van der Waals surface area (Å²) in [5.41, 5.74) is 9.54. The SMILES string of the molecule is NCc1ccccc1.O=C(Cc1ccccc1)NCc1ccccc1.O=C(O)Cc1ccccc1. The maximum Gasteiger partial charge on any atom is 0.307 e. The second-order valence-corrected chi connectivity index (χ2v) is 7.67. The van der Waals surface area contributed by atoms with Crippen LogP contribution >= 0.6 is 0 Å². The van der Waals surface area contributed by atoms with Gasteiger partial charge in [0.15, 0.2) is 0 Å². The number of benzene rings is 4. The molecule has 0 spiro atoms. The van der Waals surface area contributed by atoms with Crippen LogP contribution in [0.1, 0.15) is 22.3 Å². The molecule has 0 fully saturated rings. The Hall–Kier alpha value is -4.22. The van der Waals surface area contributed by atoms with E-state index < -0.39 is 5.97 Å². The number of rotatable bonds is 7. The third-order valence-electron chi connectivity index (χ3n) is 4.82. The van der Waals surface area contributed by atoms with Crippen molar-refractivity contribution in [3.63, 3.8) is 0 Å². The maximum atomic E-state index is 11.7. The molecule has 0 atom stereocenters. The molecule has 4 aromatic carbocycles. The Morgan fingerprint density at radius 1 is 0.571 bits per heavy atom. The summed E-state index contributed by atoms with van der Waals surface area (Å²) in [5.74, 6) is -0.730. The van der Waals surface area contributed by atoms with Crippen molar-refractivity contribution in [1.29, 1.82) is 0 Å². The smallest absolute Gasteiger partial charge is 0.307 e. The fourth-order valence-corrected chi connectivity index (χ4v) is 3.02. The van der Waals surface area contributed by atoms with Gasteiger partial charge in [-0.1, -0.05) is 121 Å². The molecule has 5 heteroatoms. The lowest BCUT2D eigenvalue weighted by molar-refractivity contribution is -0.136. The molecule has 5 nitrogen and oxygen atoms in total. The zero-order chi connectivity index (χ0) is 25.1. The molecule has 180 valence electrons. The second-order valence-electron chi connectivity index (χ2n) is 7.67. The van der Waals surface area contributed by atoms with Gasteiger partial charge in [-0.3, -0.25) is 9.59 Å². The number of carboxylic acid groups (broad SMARTS) is 1. The number of carbonyl (C=O) groups excluding carboxylic acids is 1. The van der Waals surface area contributed by atoms with E-state index in [0.717, 1.165) is 16.7 Å². The molecule has 0 aromatic heterocycles. The molecule has 0 aliphatic rings. The predicted octanol–water partition coefficient (Wildman–Crippen LogP) is 5.00. The van der Waals surface area contributed by atoms with Crippen LogP contribution in [0.25, 0.3) is 0 Å². The van der Waals surface area contributed by atoms with Crippen LogP contribution in [0.15, 0.2) is 121 Å². The molecule has 4 rings (SSSR count). The van der Waals surface area contributed by atoms with Crippen LogP contribution in [-0.2, 0) is 35.5 Å². The Morgan fingerprint density at radius 3 is 1.31 bits per heavy atom. The summed E-state index contributed by atoms with van der Waals surface area (Å²) in [6, 6.07) is 38.8. The van der Waals surface area contributed by atoms with Crippen LogP contribution in [0.2, 0.25) is 0 Å². The number of carboxylic acids is 1. The van der Waals surface area contributed by atoms with Gasteiger partial charge in [0.25, 0.3) is 0 Å². The molecule has 4 N–H and O–H groups in total. The molecular weight excluding hydrogens is 436 g/mol. The molecule has 0 bridgehead atoms. The van der Waals surface area contributed by atoms with E-state index in [2.05, 4.69) is 5.32 Å². The van der Waals surface area contributed by atoms with E-state index in [1.807, 2.05) is 109 Å². The normalized spacial score (nSPS) is 9.51. The first-order valence-electron chi connectivity index (χ1n) is 11.4. The van der Waals surface area contributed by atoms with Crippen molar-refractivity contribution in [3.8, 4) is 0 Å². The predicted molar refractivity (Wildman–Crippen MR) is 141 cm³/mol. The van der Waals surface area contributed by atoms with Gasteiger partial charge in [0.2, 0.25) is 5.91 Å². The summed E-state index contributed by atoms with van der Waals surface area (Å²) < 4.78 is 0. The molecule has 0 aliphatic carbocycles. The fraction of sp³-hybridized carbons (Fsp3) is 0.133. The number of aliphatic carboxylic acids is 1. The molecule has 0 saturated heterocycles. The van der Waals surface area contributed by atoms with Crippen LogP contribution in [0.3, 0.4) is 0 Å². The van der Waals surface area contributed by atoms with Gasteiger partial charge in [0.1, 0.15) is 0 Å². The average Bonchev–Trinajstić information content (AvgIpc) is 2.90. The Balaban J connectivity index is 0.000000204. The molecule has 0 unspecified atom stereocenters. The van der Waals surface area contributed by atoms with Gasteiger partial charge in [-0.25, -0.2) is 0 Å². The molecule has 35 heavy (non-hydrogen) atoms. The first-order valence-corrected chi connectivity index (χ1v) is 11.4. The van der Waals surface area contributed by atoms with Gasteiger partial charge in [0.05, 0.1) is 12.8 Å². The molecule has 1 amide bonds. The highest BCUT2D eigenvalue weighted by Crippen LogP contribution is 2.01. The molecule has 4 aromatic rings. The summed E-state index contributed by atoms with van der Waals surface area (Å²) in [6.07, 6.45) is 0.550. The van der Waals surface area contributed by atoms with E-state index in [-0.39, 0.29) is 12.3 Å². The van der Waals surface area contributed by atoms with E-state index in [4.69, 9.17) is 10.8 Å². The van der Waals surface area contributed by atoms with Gasteiger partial charge < -0.3 is 16.2 Å². The quantitative estimate of drug-likeness (QED) is 0.356. The van der Waals surface area contributed by atoms with E-state index in [1.165, 1.54) is 5.56 Å². The fourth-order valence-electron chi connectivity index (χ4n) is 3.02. The van der Waals surface area contributed by atoms with Gasteiger partial charge in [0, 0.05) is 13.1 Å². The van der Waals surface area contributed by atoms with Gasteiger partial charge >= 0.3 is 5.97 Å². The number of hydrogen-bond acceptors (Lipinski definition) is 3. The highest BCUT2D eigenvalue weighted by Gasteiger charge is 2.02. The van der Waals surface area contributed by atoms with Crippen molar-refractivity contribution >= 4 is 11.9 Å². The van der Waals surface area contributed by atoms with Crippen molar-refractivity contribution in [2.75, 3.05) is 0 Å². The summed E-state index contributed by atoms with van der Waals surface area (Å²) in [4.78, 5) is 21.8. The summed E-state index contributed by atoms with van der Waals surface area (Å²) in [7, 11) is 0. The van der Waals surface area contributed by atoms with Gasteiger partial charge in [-0.2, -0.15) is 0 Å². The lowest BCUT2D eigenvalue weighted by Gasteiger charge is -2.05. The lowest BCUT2D eigenvalue weighted by Crippen LogP contribution is -2.24. The van der Waals surface area contributed by atoms with Crippen LogP contribution in [0.5, 0.6) is 0 Å². The van der Waals surface area contributed by atoms with Crippen LogP contribution in [-0.4, -0.2) is 17.0 Å². The highest BCUT2D eigenvalue weighted by atomic mass is 16.4. The van der Waals surface area contributed by atoms with E-state index in [9.17, 15) is 9.59 Å². The second kappa shape index (κ2) is 16.4. The number of nitrogens with one attached hydrogen (secondary N) is 1. The Bertz CT molecular complexity index is 1100. The lowest BCUT2D eigenvalue weighted by atomic mass is 10.1. The molecule has 0 saturated carbocycles. The Kier molecular flexibility index (Phi) is 12.7. The minimum atomic E-state index is -0.786. The summed E-state index contributed by atoms with van der Waals surface area (Å²) in [5, 5.41) is 11.3. The number of hydrogen-bond donors (Lipinski definition) is 3. The standard InChI is InChI=1S/C15H15NO.C8H8O2.C7H9N/c17-15(11-13-7-3-1-4-8-13)16-12-14-9-5-2-6-10-14;9-8(10)6-7-4-2-1-3-5-7;8-6-7-4-2-1-3-5-7/h1-10H,11-12H2,(H,16,17);1-5H,6H2,(H,9,10);1-5H,6,8H2. The summed E-state index contributed by atoms with van der Waals surface area (Å²) >= 11 is 0. The van der Waals surface area contributed by atoms with Gasteiger partial charge in [-0.05, 0) is 22.3 Å². The van der Waals surface area contributed by atoms with Crippen molar-refractivity contribution in [1.82, 2.24) is 5.32 Å². The highest BCUT2D eigenvalue weighted by molar-refractivity contribution is 5.78. The average molecular weight is 469 g/mol. The van der Waals surface area contributed by atoms with E-state index in [0.29, 0.717) is 19.5 Å². The first kappa shape index (κ1) is 27.0. The van der Waals surface area contributed by atoms with E-state index >= 15 is 0 Å². The Morgan fingerprint density at radius 2 is 0.943 bits per heavy atom. The topological polar surface area (TPSA) is 92.4 Å². The zero-order valence-corrected chi connectivity index (χ0v) is 19.7. The third kappa shape index (κ3) is 12.6. The number of carbonyl (C=O) groups is 2. The minimum Gasteiger partial charge on any atom is -0.481 e. The van der Waals surface area contributed by atoms with E-state index in [1.54, 1.807) is 12.1 Å². The Labute approximate surface area is 207 Å². The van der Waals surface area contributed by atoms with Crippen molar-refractivity contribution in [3.05, 3.63) is 144 Å². The molecule has 0 heterocycles. The van der Waals surface area contributed by atoms with Crippen molar-refractivity contribution in [2.45, 2.75) is 25.9 Å². The van der Waals surface area contributed by atoms with Crippen molar-refractivity contribution < 1.29 is 14.7 Å². The maximum absolute atomic E-state index is 11.7. The molecular formula is C30H32N2O3. The first-order chi connectivity index (χ1) is 17.1. The van der Waals surface area contributed by atoms with Crippen LogP contribution in [0.4, 0.5) is 0 Å². The minimum absolute atomic E-state index is 0.0556. The zero-order valence-electron chi connectivity index (χ0n) is 19.7. The molecule has 0 radical (unpaired) electrons. The third-order valence-corrected chi connectivity index (χ3v) is 4.82. The number of nitrogens with two attached hydrogens (primary N) is 1. The summed E-state index contributed by atoms with van der Waals surface area (Å²) in [6.45, 7) is 1.23. The number of amides is 1. The van der Waals surface area contributed by atoms with Crippen LogP contribution < -0.4 is 11.1 Å². The van der Waals surface area contributed by atoms with Crippen molar-refractivity contribution in [2.24, 2.45) is 5.73 Å². The molecule has 0 aliphatic heterocycles. The van der Waals surface area contributed by atoms with Gasteiger partial charge in [-0.15, -0.1) is 0 Å². The van der Waals surface area contributed by atoms with Crippen LogP contribution in [0, 0.1) is 0 Å². The monoisotopic (exact) mass is 468 g/mol.